The third-order valence-corrected chi connectivity index (χ3v) is 6.10. The predicted molar refractivity (Wildman–Crippen MR) is 122 cm³/mol. The van der Waals surface area contributed by atoms with Gasteiger partial charge in [-0.1, -0.05) is 12.1 Å². The first-order valence-electron chi connectivity index (χ1n) is 10.9. The number of morpholine rings is 1. The SMILES string of the molecule is COc1ccc(C(O)=C2C(=O)C(=O)N(CCN3CCOCC3)[C@@H]2c2ccc(OC)cc2)cc1. The lowest BCUT2D eigenvalue weighted by atomic mass is 9.95. The monoisotopic (exact) mass is 452 g/mol. The van der Waals surface area contributed by atoms with E-state index >= 15 is 0 Å². The summed E-state index contributed by atoms with van der Waals surface area (Å²) < 4.78 is 15.8. The molecule has 0 aromatic heterocycles. The molecule has 0 bridgehead atoms. The summed E-state index contributed by atoms with van der Waals surface area (Å²) in [5.74, 6) is -0.209. The Kier molecular flexibility index (Phi) is 6.96. The van der Waals surface area contributed by atoms with Crippen LogP contribution in [-0.4, -0.2) is 80.2 Å². The molecule has 2 aromatic rings. The van der Waals surface area contributed by atoms with Gasteiger partial charge in [-0.15, -0.1) is 0 Å². The predicted octanol–water partition coefficient (Wildman–Crippen LogP) is 2.46. The van der Waals surface area contributed by atoms with Gasteiger partial charge in [0.25, 0.3) is 11.7 Å². The van der Waals surface area contributed by atoms with Crippen LogP contribution >= 0.6 is 0 Å². The molecule has 8 heteroatoms. The number of amides is 1. The number of benzene rings is 2. The maximum Gasteiger partial charge on any atom is 0.295 e. The number of likely N-dealkylation sites (tertiary alicyclic amines) is 1. The van der Waals surface area contributed by atoms with Crippen molar-refractivity contribution in [3.05, 3.63) is 65.2 Å². The number of nitrogens with zero attached hydrogens (tertiary/aromatic N) is 2. The number of hydrogen-bond donors (Lipinski definition) is 1. The van der Waals surface area contributed by atoms with Crippen LogP contribution in [0.1, 0.15) is 17.2 Å². The Hall–Kier alpha value is -3.36. The normalized spacial score (nSPS) is 20.8. The molecular formula is C25H28N2O6. The molecule has 1 atom stereocenters. The number of methoxy groups -OCH3 is 2. The molecule has 2 fully saturated rings. The molecule has 0 aliphatic carbocycles. The van der Waals surface area contributed by atoms with E-state index in [1.807, 2.05) is 12.1 Å². The average molecular weight is 453 g/mol. The van der Waals surface area contributed by atoms with Gasteiger partial charge in [0.1, 0.15) is 17.3 Å². The molecule has 0 radical (unpaired) electrons. The number of hydrogen-bond acceptors (Lipinski definition) is 7. The van der Waals surface area contributed by atoms with Gasteiger partial charge in [-0.25, -0.2) is 0 Å². The van der Waals surface area contributed by atoms with Crippen molar-refractivity contribution in [3.8, 4) is 11.5 Å². The smallest absolute Gasteiger partial charge is 0.295 e. The highest BCUT2D eigenvalue weighted by Gasteiger charge is 2.46. The fourth-order valence-electron chi connectivity index (χ4n) is 4.22. The molecule has 2 saturated heterocycles. The second-order valence-electron chi connectivity index (χ2n) is 7.95. The van der Waals surface area contributed by atoms with Gasteiger partial charge in [-0.3, -0.25) is 14.5 Å². The van der Waals surface area contributed by atoms with Gasteiger partial charge in [0, 0.05) is 31.7 Å². The lowest BCUT2D eigenvalue weighted by molar-refractivity contribution is -0.140. The molecule has 174 valence electrons. The molecule has 2 aromatic carbocycles. The average Bonchev–Trinajstić information content (AvgIpc) is 3.12. The topological polar surface area (TPSA) is 88.5 Å². The van der Waals surface area contributed by atoms with Crippen LogP contribution in [0.3, 0.4) is 0 Å². The van der Waals surface area contributed by atoms with Gasteiger partial charge in [-0.05, 0) is 42.0 Å². The van der Waals surface area contributed by atoms with Crippen molar-refractivity contribution in [2.24, 2.45) is 0 Å². The molecule has 2 heterocycles. The van der Waals surface area contributed by atoms with Crippen LogP contribution in [0.5, 0.6) is 11.5 Å². The molecule has 8 nitrogen and oxygen atoms in total. The van der Waals surface area contributed by atoms with E-state index in [9.17, 15) is 14.7 Å². The number of rotatable bonds is 7. The second kappa shape index (κ2) is 10.1. The zero-order valence-corrected chi connectivity index (χ0v) is 18.8. The standard InChI is InChI=1S/C25H28N2O6/c1-31-19-7-3-17(4-8-19)22-21(23(28)18-5-9-20(32-2)10-6-18)24(29)25(30)27(22)12-11-26-13-15-33-16-14-26/h3-10,22,28H,11-16H2,1-2H3/t22-/m1/s1. The quantitative estimate of drug-likeness (QED) is 0.392. The minimum Gasteiger partial charge on any atom is -0.507 e. The van der Waals surface area contributed by atoms with E-state index in [0.717, 1.165) is 18.7 Å². The first-order valence-corrected chi connectivity index (χ1v) is 10.9. The van der Waals surface area contributed by atoms with Crippen molar-refractivity contribution < 1.29 is 28.9 Å². The first-order chi connectivity index (χ1) is 16.0. The summed E-state index contributed by atoms with van der Waals surface area (Å²) in [7, 11) is 3.13. The Balaban J connectivity index is 1.72. The van der Waals surface area contributed by atoms with Crippen LogP contribution in [0.25, 0.3) is 5.76 Å². The van der Waals surface area contributed by atoms with Crippen LogP contribution in [0.2, 0.25) is 0 Å². The van der Waals surface area contributed by atoms with E-state index in [1.165, 1.54) is 0 Å². The zero-order chi connectivity index (χ0) is 23.4. The highest BCUT2D eigenvalue weighted by Crippen LogP contribution is 2.39. The van der Waals surface area contributed by atoms with Crippen molar-refractivity contribution in [2.45, 2.75) is 6.04 Å². The van der Waals surface area contributed by atoms with Gasteiger partial charge < -0.3 is 24.2 Å². The number of carbonyl (C=O) groups excluding carboxylic acids is 2. The summed E-state index contributed by atoms with van der Waals surface area (Å²) >= 11 is 0. The second-order valence-corrected chi connectivity index (χ2v) is 7.95. The van der Waals surface area contributed by atoms with E-state index in [1.54, 1.807) is 55.5 Å². The molecule has 2 aliphatic heterocycles. The van der Waals surface area contributed by atoms with Crippen LogP contribution < -0.4 is 9.47 Å². The molecule has 0 spiro atoms. The molecular weight excluding hydrogens is 424 g/mol. The van der Waals surface area contributed by atoms with E-state index in [2.05, 4.69) is 4.90 Å². The number of carbonyl (C=O) groups is 2. The van der Waals surface area contributed by atoms with Crippen molar-refractivity contribution in [1.82, 2.24) is 9.80 Å². The number of ketones is 1. The fraction of sp³-hybridized carbons (Fsp3) is 0.360. The molecule has 1 amide bonds. The maximum atomic E-state index is 13.1. The molecule has 4 rings (SSSR count). The van der Waals surface area contributed by atoms with E-state index < -0.39 is 17.7 Å². The van der Waals surface area contributed by atoms with Gasteiger partial charge >= 0.3 is 0 Å². The lowest BCUT2D eigenvalue weighted by Crippen LogP contribution is -2.42. The zero-order valence-electron chi connectivity index (χ0n) is 18.8. The Morgan fingerprint density at radius 2 is 1.52 bits per heavy atom. The molecule has 0 saturated carbocycles. The van der Waals surface area contributed by atoms with E-state index in [0.29, 0.717) is 43.4 Å². The number of aliphatic hydroxyl groups excluding tert-OH is 1. The lowest BCUT2D eigenvalue weighted by Gasteiger charge is -2.31. The maximum absolute atomic E-state index is 13.1. The molecule has 1 N–H and O–H groups in total. The van der Waals surface area contributed by atoms with Crippen molar-refractivity contribution in [1.29, 1.82) is 0 Å². The largest absolute Gasteiger partial charge is 0.507 e. The molecule has 2 aliphatic rings. The summed E-state index contributed by atoms with van der Waals surface area (Å²) in [5.41, 5.74) is 1.25. The van der Waals surface area contributed by atoms with E-state index in [-0.39, 0.29) is 11.3 Å². The third kappa shape index (κ3) is 4.72. The van der Waals surface area contributed by atoms with E-state index in [4.69, 9.17) is 14.2 Å². The highest BCUT2D eigenvalue weighted by atomic mass is 16.5. The van der Waals surface area contributed by atoms with Gasteiger partial charge in [0.15, 0.2) is 0 Å². The number of aliphatic hydroxyl groups is 1. The number of Topliss-reactive ketones (excluding diaryl/α,β-unsaturated/α-hetero) is 1. The fourth-order valence-corrected chi connectivity index (χ4v) is 4.22. The van der Waals surface area contributed by atoms with Crippen molar-refractivity contribution in [2.75, 3.05) is 53.6 Å². The number of ether oxygens (including phenoxy) is 3. The Morgan fingerprint density at radius 1 is 0.939 bits per heavy atom. The summed E-state index contributed by atoms with van der Waals surface area (Å²) in [4.78, 5) is 30.0. The molecule has 0 unspecified atom stereocenters. The van der Waals surface area contributed by atoms with Crippen molar-refractivity contribution >= 4 is 17.4 Å². The highest BCUT2D eigenvalue weighted by molar-refractivity contribution is 6.46. The summed E-state index contributed by atoms with van der Waals surface area (Å²) in [6.45, 7) is 3.84. The summed E-state index contributed by atoms with van der Waals surface area (Å²) in [6.07, 6.45) is 0. The minimum absolute atomic E-state index is 0.0808. The summed E-state index contributed by atoms with van der Waals surface area (Å²) in [6, 6.07) is 13.2. The van der Waals surface area contributed by atoms with Gasteiger partial charge in [-0.2, -0.15) is 0 Å². The Morgan fingerprint density at radius 3 is 2.09 bits per heavy atom. The van der Waals surface area contributed by atoms with Gasteiger partial charge in [0.2, 0.25) is 0 Å². The molecule has 33 heavy (non-hydrogen) atoms. The van der Waals surface area contributed by atoms with Crippen LogP contribution in [0, 0.1) is 0 Å². The summed E-state index contributed by atoms with van der Waals surface area (Å²) in [5, 5.41) is 11.1. The Bertz CT molecular complexity index is 1030. The van der Waals surface area contributed by atoms with Crippen LogP contribution in [0.4, 0.5) is 0 Å². The third-order valence-electron chi connectivity index (χ3n) is 6.10. The Labute approximate surface area is 193 Å². The van der Waals surface area contributed by atoms with Crippen LogP contribution in [0.15, 0.2) is 54.1 Å². The minimum atomic E-state index is -0.695. The van der Waals surface area contributed by atoms with Gasteiger partial charge in [0.05, 0.1) is 39.0 Å². The van der Waals surface area contributed by atoms with Crippen molar-refractivity contribution in [3.63, 3.8) is 0 Å². The first kappa shape index (κ1) is 22.8. The van der Waals surface area contributed by atoms with Crippen LogP contribution in [-0.2, 0) is 14.3 Å².